The van der Waals surface area contributed by atoms with Gasteiger partial charge in [0.05, 0.1) is 7.11 Å². The van der Waals surface area contributed by atoms with Crippen molar-refractivity contribution >= 4 is 0 Å². The largest absolute Gasteiger partial charge is 0.273 e. The average Bonchev–Trinajstić information content (AvgIpc) is 2.30. The Hall–Kier alpha value is -1.54. The van der Waals surface area contributed by atoms with E-state index in [2.05, 4.69) is 36.4 Å². The summed E-state index contributed by atoms with van der Waals surface area (Å²) in [5, 5.41) is 1.68. The third-order valence-corrected chi connectivity index (χ3v) is 2.28. The lowest BCUT2D eigenvalue weighted by Crippen LogP contribution is -2.11. The van der Waals surface area contributed by atoms with Crippen LogP contribution in [-0.4, -0.2) is 12.2 Å². The van der Waals surface area contributed by atoms with Gasteiger partial charge in [-0.1, -0.05) is 42.5 Å². The first-order valence-electron chi connectivity index (χ1n) is 4.64. The Morgan fingerprint density at radius 1 is 1.07 bits per heavy atom. The molecule has 1 aliphatic heterocycles. The molecular weight excluding hydrogens is 174 g/mol. The molecule has 1 aliphatic rings. The Bertz CT molecular complexity index is 329. The van der Waals surface area contributed by atoms with Gasteiger partial charge in [-0.05, 0) is 5.56 Å². The van der Waals surface area contributed by atoms with Crippen molar-refractivity contribution in [1.82, 2.24) is 5.06 Å². The molecule has 0 atom stereocenters. The number of rotatable bonds is 2. The fourth-order valence-corrected chi connectivity index (χ4v) is 1.49. The SMILES string of the molecule is CON1C=CC(c2ccccc2)C=C1. The Morgan fingerprint density at radius 2 is 1.71 bits per heavy atom. The minimum atomic E-state index is 0.364. The lowest BCUT2D eigenvalue weighted by molar-refractivity contribution is -0.0454. The molecule has 1 aromatic rings. The summed E-state index contributed by atoms with van der Waals surface area (Å²) >= 11 is 0. The summed E-state index contributed by atoms with van der Waals surface area (Å²) in [4.78, 5) is 5.04. The van der Waals surface area contributed by atoms with E-state index in [1.54, 1.807) is 12.2 Å². The van der Waals surface area contributed by atoms with Gasteiger partial charge < -0.3 is 0 Å². The third-order valence-electron chi connectivity index (χ3n) is 2.28. The molecule has 0 saturated carbocycles. The van der Waals surface area contributed by atoms with E-state index in [1.807, 2.05) is 18.5 Å². The zero-order chi connectivity index (χ0) is 9.80. The van der Waals surface area contributed by atoms with Crippen LogP contribution in [0.3, 0.4) is 0 Å². The molecule has 2 rings (SSSR count). The van der Waals surface area contributed by atoms with Crippen molar-refractivity contribution in [2.75, 3.05) is 7.11 Å². The minimum Gasteiger partial charge on any atom is -0.273 e. The fraction of sp³-hybridized carbons (Fsp3) is 0.167. The van der Waals surface area contributed by atoms with Gasteiger partial charge in [0.15, 0.2) is 0 Å². The van der Waals surface area contributed by atoms with E-state index < -0.39 is 0 Å². The first-order chi connectivity index (χ1) is 6.90. The van der Waals surface area contributed by atoms with E-state index in [0.717, 1.165) is 0 Å². The molecule has 0 aliphatic carbocycles. The van der Waals surface area contributed by atoms with Gasteiger partial charge in [0, 0.05) is 18.3 Å². The van der Waals surface area contributed by atoms with Crippen LogP contribution in [0.4, 0.5) is 0 Å². The molecule has 1 heterocycles. The van der Waals surface area contributed by atoms with Gasteiger partial charge in [-0.15, -0.1) is 0 Å². The molecule has 0 spiro atoms. The van der Waals surface area contributed by atoms with E-state index >= 15 is 0 Å². The number of hydrogen-bond acceptors (Lipinski definition) is 2. The van der Waals surface area contributed by atoms with Crippen LogP contribution in [0.25, 0.3) is 0 Å². The lowest BCUT2D eigenvalue weighted by Gasteiger charge is -2.19. The highest BCUT2D eigenvalue weighted by atomic mass is 16.7. The summed E-state index contributed by atoms with van der Waals surface area (Å²) < 4.78 is 0. The van der Waals surface area contributed by atoms with Gasteiger partial charge in [-0.25, -0.2) is 5.06 Å². The highest BCUT2D eigenvalue weighted by Gasteiger charge is 2.07. The van der Waals surface area contributed by atoms with E-state index in [9.17, 15) is 0 Å². The summed E-state index contributed by atoms with van der Waals surface area (Å²) in [6.45, 7) is 0. The molecular formula is C12H13NO. The number of allylic oxidation sites excluding steroid dienone is 2. The van der Waals surface area contributed by atoms with Crippen molar-refractivity contribution in [3.63, 3.8) is 0 Å². The maximum Gasteiger partial charge on any atom is 0.0643 e. The molecule has 0 radical (unpaired) electrons. The van der Waals surface area contributed by atoms with E-state index in [0.29, 0.717) is 5.92 Å². The van der Waals surface area contributed by atoms with Gasteiger partial charge in [0.1, 0.15) is 0 Å². The summed E-state index contributed by atoms with van der Waals surface area (Å²) in [6, 6.07) is 10.4. The van der Waals surface area contributed by atoms with Crippen molar-refractivity contribution in [3.8, 4) is 0 Å². The fourth-order valence-electron chi connectivity index (χ4n) is 1.49. The Morgan fingerprint density at radius 3 is 2.29 bits per heavy atom. The number of hydroxylamine groups is 2. The maximum absolute atomic E-state index is 5.04. The second-order valence-corrected chi connectivity index (χ2v) is 3.16. The number of benzene rings is 1. The Balaban J connectivity index is 2.13. The third kappa shape index (κ3) is 1.86. The zero-order valence-electron chi connectivity index (χ0n) is 8.13. The molecule has 14 heavy (non-hydrogen) atoms. The van der Waals surface area contributed by atoms with Crippen LogP contribution in [0, 0.1) is 0 Å². The molecule has 72 valence electrons. The zero-order valence-corrected chi connectivity index (χ0v) is 8.13. The summed E-state index contributed by atoms with van der Waals surface area (Å²) in [7, 11) is 1.65. The van der Waals surface area contributed by atoms with Crippen LogP contribution in [-0.2, 0) is 4.84 Å². The Labute approximate surface area is 84.1 Å². The highest BCUT2D eigenvalue weighted by Crippen LogP contribution is 2.21. The predicted octanol–water partition coefficient (Wildman–Crippen LogP) is 2.67. The first-order valence-corrected chi connectivity index (χ1v) is 4.64. The van der Waals surface area contributed by atoms with Crippen molar-refractivity contribution < 1.29 is 4.84 Å². The smallest absolute Gasteiger partial charge is 0.0643 e. The van der Waals surface area contributed by atoms with Crippen molar-refractivity contribution in [2.45, 2.75) is 5.92 Å². The molecule has 0 N–H and O–H groups in total. The lowest BCUT2D eigenvalue weighted by atomic mass is 9.98. The van der Waals surface area contributed by atoms with Gasteiger partial charge >= 0.3 is 0 Å². The Kier molecular flexibility index (Phi) is 2.65. The van der Waals surface area contributed by atoms with Gasteiger partial charge in [-0.2, -0.15) is 0 Å². The average molecular weight is 187 g/mol. The van der Waals surface area contributed by atoms with Gasteiger partial charge in [-0.3, -0.25) is 4.84 Å². The molecule has 1 aromatic carbocycles. The van der Waals surface area contributed by atoms with Crippen LogP contribution < -0.4 is 0 Å². The molecule has 0 amide bonds. The molecule has 0 bridgehead atoms. The topological polar surface area (TPSA) is 12.5 Å². The normalized spacial score (nSPS) is 16.2. The quantitative estimate of drug-likeness (QED) is 0.705. The van der Waals surface area contributed by atoms with E-state index in [1.165, 1.54) is 5.56 Å². The molecule has 2 heteroatoms. The second-order valence-electron chi connectivity index (χ2n) is 3.16. The summed E-state index contributed by atoms with van der Waals surface area (Å²) in [5.41, 5.74) is 1.30. The number of hydrogen-bond donors (Lipinski definition) is 0. The van der Waals surface area contributed by atoms with Gasteiger partial charge in [0.25, 0.3) is 0 Å². The molecule has 0 aromatic heterocycles. The maximum atomic E-state index is 5.04. The van der Waals surface area contributed by atoms with Crippen LogP contribution in [0.1, 0.15) is 11.5 Å². The monoisotopic (exact) mass is 187 g/mol. The van der Waals surface area contributed by atoms with Crippen LogP contribution in [0.15, 0.2) is 54.9 Å². The molecule has 0 fully saturated rings. The number of nitrogens with zero attached hydrogens (tertiary/aromatic N) is 1. The minimum absolute atomic E-state index is 0.364. The van der Waals surface area contributed by atoms with E-state index in [-0.39, 0.29) is 0 Å². The predicted molar refractivity (Wildman–Crippen MR) is 56.3 cm³/mol. The van der Waals surface area contributed by atoms with Crippen molar-refractivity contribution in [2.24, 2.45) is 0 Å². The van der Waals surface area contributed by atoms with Crippen LogP contribution in [0.5, 0.6) is 0 Å². The molecule has 0 saturated heterocycles. The van der Waals surface area contributed by atoms with Crippen molar-refractivity contribution in [3.05, 3.63) is 60.4 Å². The van der Waals surface area contributed by atoms with Crippen LogP contribution in [0.2, 0.25) is 0 Å². The van der Waals surface area contributed by atoms with Gasteiger partial charge in [0.2, 0.25) is 0 Å². The van der Waals surface area contributed by atoms with Crippen LogP contribution >= 0.6 is 0 Å². The molecule has 0 unspecified atom stereocenters. The summed E-state index contributed by atoms with van der Waals surface area (Å²) in [5.74, 6) is 0.364. The highest BCUT2D eigenvalue weighted by molar-refractivity contribution is 5.29. The first kappa shape index (κ1) is 9.03. The van der Waals surface area contributed by atoms with E-state index in [4.69, 9.17) is 4.84 Å². The summed E-state index contributed by atoms with van der Waals surface area (Å²) in [6.07, 6.45) is 8.08. The van der Waals surface area contributed by atoms with Crippen molar-refractivity contribution in [1.29, 1.82) is 0 Å². The second kappa shape index (κ2) is 4.11. The standard InChI is InChI=1S/C12H13NO/c1-14-13-9-7-12(8-10-13)11-5-3-2-4-6-11/h2-10,12H,1H3. The molecule has 2 nitrogen and oxygen atoms in total.